The summed E-state index contributed by atoms with van der Waals surface area (Å²) in [4.78, 5) is 16.9. The molecular formula is C24H32FN5O. The highest BCUT2D eigenvalue weighted by Gasteiger charge is 2.26. The van der Waals surface area contributed by atoms with Gasteiger partial charge in [-0.15, -0.1) is 0 Å². The maximum atomic E-state index is 14.7. The number of rotatable bonds is 6. The average Bonchev–Trinajstić information content (AvgIpc) is 2.72. The van der Waals surface area contributed by atoms with E-state index in [0.717, 1.165) is 47.8 Å². The number of amides is 1. The molecule has 0 atom stereocenters. The first-order chi connectivity index (χ1) is 14.7. The van der Waals surface area contributed by atoms with Gasteiger partial charge < -0.3 is 10.6 Å². The number of aromatic nitrogens is 1. The largest absolute Gasteiger partial charge is 0.382 e. The third kappa shape index (κ3) is 5.66. The molecule has 1 heterocycles. The Balaban J connectivity index is 1.71. The van der Waals surface area contributed by atoms with Crippen molar-refractivity contribution in [3.63, 3.8) is 0 Å². The van der Waals surface area contributed by atoms with Crippen LogP contribution in [0.15, 0.2) is 46.3 Å². The summed E-state index contributed by atoms with van der Waals surface area (Å²) in [5, 5.41) is 15.2. The lowest BCUT2D eigenvalue weighted by Crippen LogP contribution is -2.40. The SMILES string of the molecule is C/C=C(\N=N/C)C(=O)NC1CCC(Nc2cc(C(C)(C)F)nc3ccc(C)cc23)CC1. The van der Waals surface area contributed by atoms with E-state index in [1.807, 2.05) is 25.1 Å². The third-order valence-corrected chi connectivity index (χ3v) is 5.71. The molecule has 0 aliphatic heterocycles. The average molecular weight is 426 g/mol. The number of benzene rings is 1. The van der Waals surface area contributed by atoms with E-state index in [-0.39, 0.29) is 18.0 Å². The first-order valence-electron chi connectivity index (χ1n) is 10.9. The summed E-state index contributed by atoms with van der Waals surface area (Å²) < 4.78 is 14.7. The highest BCUT2D eigenvalue weighted by Crippen LogP contribution is 2.33. The van der Waals surface area contributed by atoms with Crippen LogP contribution >= 0.6 is 0 Å². The number of hydrogen-bond acceptors (Lipinski definition) is 5. The minimum Gasteiger partial charge on any atom is -0.382 e. The van der Waals surface area contributed by atoms with Gasteiger partial charge in [0.05, 0.1) is 11.2 Å². The third-order valence-electron chi connectivity index (χ3n) is 5.71. The second-order valence-corrected chi connectivity index (χ2v) is 8.69. The Labute approximate surface area is 183 Å². The van der Waals surface area contributed by atoms with Gasteiger partial charge in [-0.3, -0.25) is 4.79 Å². The number of carbonyl (C=O) groups is 1. The number of allylic oxidation sites excluding steroid dienone is 1. The van der Waals surface area contributed by atoms with Gasteiger partial charge in [-0.05, 0) is 71.6 Å². The molecule has 1 aliphatic rings. The summed E-state index contributed by atoms with van der Waals surface area (Å²) in [5.41, 5.74) is 2.10. The summed E-state index contributed by atoms with van der Waals surface area (Å²) in [6.07, 6.45) is 5.22. The van der Waals surface area contributed by atoms with E-state index in [1.165, 1.54) is 13.8 Å². The van der Waals surface area contributed by atoms with Crippen molar-refractivity contribution >= 4 is 22.5 Å². The van der Waals surface area contributed by atoms with Crippen LogP contribution in [0.1, 0.15) is 57.7 Å². The van der Waals surface area contributed by atoms with Gasteiger partial charge in [0.2, 0.25) is 0 Å². The molecule has 0 unspecified atom stereocenters. The summed E-state index contributed by atoms with van der Waals surface area (Å²) in [5.74, 6) is -0.185. The lowest BCUT2D eigenvalue weighted by molar-refractivity contribution is -0.118. The van der Waals surface area contributed by atoms with Crippen LogP contribution in [0.3, 0.4) is 0 Å². The van der Waals surface area contributed by atoms with Crippen LogP contribution in [0, 0.1) is 6.92 Å². The maximum Gasteiger partial charge on any atom is 0.271 e. The first-order valence-corrected chi connectivity index (χ1v) is 10.9. The van der Waals surface area contributed by atoms with Crippen LogP contribution in [0.2, 0.25) is 0 Å². The molecule has 1 amide bonds. The molecule has 3 rings (SSSR count). The van der Waals surface area contributed by atoms with Crippen LogP contribution in [-0.4, -0.2) is 30.0 Å². The van der Waals surface area contributed by atoms with E-state index in [1.54, 1.807) is 20.0 Å². The molecule has 31 heavy (non-hydrogen) atoms. The number of nitrogens with zero attached hydrogens (tertiary/aromatic N) is 3. The smallest absolute Gasteiger partial charge is 0.271 e. The van der Waals surface area contributed by atoms with E-state index >= 15 is 0 Å². The molecule has 6 nitrogen and oxygen atoms in total. The van der Waals surface area contributed by atoms with Crippen molar-refractivity contribution in [3.8, 4) is 0 Å². The Morgan fingerprint density at radius 1 is 1.19 bits per heavy atom. The number of fused-ring (bicyclic) bond motifs is 1. The summed E-state index contributed by atoms with van der Waals surface area (Å²) in [6.45, 7) is 6.88. The Morgan fingerprint density at radius 3 is 2.48 bits per heavy atom. The Morgan fingerprint density at radius 2 is 1.87 bits per heavy atom. The number of alkyl halides is 1. The molecule has 1 saturated carbocycles. The molecule has 166 valence electrons. The molecule has 2 N–H and O–H groups in total. The van der Waals surface area contributed by atoms with Crippen molar-refractivity contribution in [3.05, 3.63) is 47.3 Å². The van der Waals surface area contributed by atoms with Gasteiger partial charge in [0.1, 0.15) is 11.4 Å². The minimum absolute atomic E-state index is 0.115. The molecular weight excluding hydrogens is 393 g/mol. The fraction of sp³-hybridized carbons (Fsp3) is 0.500. The predicted octanol–water partition coefficient (Wildman–Crippen LogP) is 5.57. The van der Waals surface area contributed by atoms with Gasteiger partial charge in [-0.2, -0.15) is 10.2 Å². The van der Waals surface area contributed by atoms with Crippen molar-refractivity contribution < 1.29 is 9.18 Å². The molecule has 1 aromatic heterocycles. The standard InChI is InChI=1S/C24H32FN5O/c1-6-19(30-26-5)23(31)28-17-10-8-16(9-11-17)27-21-14-22(24(3,4)25)29-20-12-7-15(2)13-18(20)21/h6-7,12-14,16-17H,8-11H2,1-5H3,(H,27,29)(H,28,31)/b19-6-,30-26-. The van der Waals surface area contributed by atoms with E-state index in [0.29, 0.717) is 11.4 Å². The van der Waals surface area contributed by atoms with Gasteiger partial charge in [-0.1, -0.05) is 17.7 Å². The molecule has 0 saturated heterocycles. The summed E-state index contributed by atoms with van der Waals surface area (Å²) >= 11 is 0. The van der Waals surface area contributed by atoms with E-state index in [9.17, 15) is 9.18 Å². The van der Waals surface area contributed by atoms with Crippen molar-refractivity contribution in [2.75, 3.05) is 12.4 Å². The Hall–Kier alpha value is -2.83. The van der Waals surface area contributed by atoms with Crippen LogP contribution in [0.5, 0.6) is 0 Å². The van der Waals surface area contributed by atoms with Crippen LogP contribution in [0.4, 0.5) is 10.1 Å². The van der Waals surface area contributed by atoms with Crippen molar-refractivity contribution in [2.45, 2.75) is 71.1 Å². The number of aryl methyl sites for hydroxylation is 1. The molecule has 0 bridgehead atoms. The minimum atomic E-state index is -1.52. The zero-order chi connectivity index (χ0) is 22.6. The van der Waals surface area contributed by atoms with Gasteiger partial charge in [0, 0.05) is 30.2 Å². The van der Waals surface area contributed by atoms with Gasteiger partial charge in [0.15, 0.2) is 0 Å². The van der Waals surface area contributed by atoms with E-state index in [2.05, 4.69) is 31.9 Å². The van der Waals surface area contributed by atoms with Crippen molar-refractivity contribution in [1.29, 1.82) is 0 Å². The maximum absolute atomic E-state index is 14.7. The number of hydrogen-bond donors (Lipinski definition) is 2. The van der Waals surface area contributed by atoms with Crippen LogP contribution in [-0.2, 0) is 10.5 Å². The quantitative estimate of drug-likeness (QED) is 0.469. The van der Waals surface area contributed by atoms with Crippen LogP contribution < -0.4 is 10.6 Å². The highest BCUT2D eigenvalue weighted by atomic mass is 19.1. The van der Waals surface area contributed by atoms with Gasteiger partial charge in [0.25, 0.3) is 5.91 Å². The van der Waals surface area contributed by atoms with Crippen LogP contribution in [0.25, 0.3) is 10.9 Å². The lowest BCUT2D eigenvalue weighted by Gasteiger charge is -2.31. The molecule has 7 heteroatoms. The van der Waals surface area contributed by atoms with Gasteiger partial charge >= 0.3 is 0 Å². The normalized spacial score (nSPS) is 20.3. The number of nitrogens with one attached hydrogen (secondary N) is 2. The Kier molecular flexibility index (Phi) is 7.03. The second kappa shape index (κ2) is 9.54. The predicted molar refractivity (Wildman–Crippen MR) is 123 cm³/mol. The topological polar surface area (TPSA) is 78.7 Å². The number of carbonyl (C=O) groups excluding carboxylic acids is 1. The first kappa shape index (κ1) is 22.8. The van der Waals surface area contributed by atoms with Gasteiger partial charge in [-0.25, -0.2) is 9.37 Å². The Bertz CT molecular complexity index is 1000. The van der Waals surface area contributed by atoms with Crippen molar-refractivity contribution in [2.24, 2.45) is 10.2 Å². The molecule has 2 aromatic rings. The fourth-order valence-corrected chi connectivity index (χ4v) is 3.97. The highest BCUT2D eigenvalue weighted by molar-refractivity contribution is 5.93. The number of anilines is 1. The molecule has 0 spiro atoms. The second-order valence-electron chi connectivity index (χ2n) is 8.69. The molecule has 1 aromatic carbocycles. The molecule has 0 radical (unpaired) electrons. The summed E-state index contributed by atoms with van der Waals surface area (Å²) in [6, 6.07) is 8.25. The number of pyridine rings is 1. The molecule has 1 fully saturated rings. The monoisotopic (exact) mass is 425 g/mol. The summed E-state index contributed by atoms with van der Waals surface area (Å²) in [7, 11) is 1.55. The zero-order valence-corrected chi connectivity index (χ0v) is 19.0. The molecule has 1 aliphatic carbocycles. The zero-order valence-electron chi connectivity index (χ0n) is 19.0. The number of azo groups is 1. The fourth-order valence-electron chi connectivity index (χ4n) is 3.97. The van der Waals surface area contributed by atoms with Crippen molar-refractivity contribution in [1.82, 2.24) is 10.3 Å². The van der Waals surface area contributed by atoms with E-state index in [4.69, 9.17) is 0 Å². The number of halogens is 1. The lowest BCUT2D eigenvalue weighted by atomic mass is 9.90. The van der Waals surface area contributed by atoms with E-state index < -0.39 is 5.67 Å².